The monoisotopic (exact) mass is 1290 g/mol. The number of rotatable bonds is 8. The van der Waals surface area contributed by atoms with Crippen molar-refractivity contribution in [3.63, 3.8) is 0 Å². The van der Waals surface area contributed by atoms with Crippen LogP contribution >= 0.6 is 23.5 Å². The van der Waals surface area contributed by atoms with Crippen molar-refractivity contribution >= 4 is 71.6 Å². The fourth-order valence-corrected chi connectivity index (χ4v) is 9.08. The van der Waals surface area contributed by atoms with E-state index in [-0.39, 0.29) is 0 Å². The summed E-state index contributed by atoms with van der Waals surface area (Å²) in [7, 11) is 0. The molecule has 0 saturated carbocycles. The molecule has 88 heavy (non-hydrogen) atoms. The molecule has 8 aliphatic heterocycles. The number of hydrogen-bond donors (Lipinski definition) is 2. The van der Waals surface area contributed by atoms with Crippen LogP contribution in [0.2, 0.25) is 0 Å². The number of thioether (sulfide) groups is 2. The van der Waals surface area contributed by atoms with Gasteiger partial charge in [0.05, 0.1) is 42.5 Å². The van der Waals surface area contributed by atoms with Crippen LogP contribution < -0.4 is 10.9 Å². The molecule has 0 amide bonds. The first-order valence-corrected chi connectivity index (χ1v) is 37.8. The van der Waals surface area contributed by atoms with Gasteiger partial charge in [0, 0.05) is 99.7 Å². The maximum Gasteiger partial charge on any atom is 0.185 e. The van der Waals surface area contributed by atoms with Crippen molar-refractivity contribution in [2.24, 2.45) is 99.3 Å². The topological polar surface area (TPSA) is 160 Å². The summed E-state index contributed by atoms with van der Waals surface area (Å²) in [5, 5.41) is 9.29. The Morgan fingerprint density at radius 3 is 1.36 bits per heavy atom. The Balaban J connectivity index is -0.000000134. The maximum atomic E-state index is 5.29. The normalized spacial score (nSPS) is 20.8. The third-order valence-electron chi connectivity index (χ3n) is 12.9. The van der Waals surface area contributed by atoms with Gasteiger partial charge in [-0.05, 0) is 73.5 Å². The van der Waals surface area contributed by atoms with Crippen LogP contribution in [0, 0.1) is 59.2 Å². The zero-order valence-corrected chi connectivity index (χ0v) is 65.9. The van der Waals surface area contributed by atoms with Crippen molar-refractivity contribution in [2.75, 3.05) is 64.1 Å². The van der Waals surface area contributed by atoms with Gasteiger partial charge < -0.3 is 29.8 Å². The van der Waals surface area contributed by atoms with Gasteiger partial charge in [-0.1, -0.05) is 222 Å². The molecule has 0 aromatic heterocycles. The molecule has 6 unspecified atom stereocenters. The van der Waals surface area contributed by atoms with Crippen LogP contribution in [0.3, 0.4) is 0 Å². The summed E-state index contributed by atoms with van der Waals surface area (Å²) in [5.41, 5.74) is 8.07. The first kappa shape index (κ1) is 101. The lowest BCUT2D eigenvalue weighted by molar-refractivity contribution is 0.130. The number of nitrogens with zero attached hydrogens (tertiary/aromatic N) is 8. The molecular formula is C72H154N10O4S2. The number of hydrazone groups is 2. The van der Waals surface area contributed by atoms with E-state index in [0.29, 0.717) is 65.7 Å². The van der Waals surface area contributed by atoms with E-state index >= 15 is 0 Å². The quantitative estimate of drug-likeness (QED) is 0.243. The Hall–Kier alpha value is -3.14. The zero-order valence-electron chi connectivity index (χ0n) is 64.3. The summed E-state index contributed by atoms with van der Waals surface area (Å²) in [6.45, 7) is 74.6. The molecule has 0 radical (unpaired) electrons. The van der Waals surface area contributed by atoms with E-state index in [1.807, 2.05) is 152 Å². The standard InChI is InChI=1S/2C7H14N2.4C7H13NO.2C7H13NS.8C2H6/c1-6(2)7-3-4-8-9-5-7;1-6(2)7-4-3-5-8-9-7;1-6(2)7-3-8-5-9-4-7;1-6(2)7-3-4-9-5-8-7;1-6(2)7-3-4-8-5-9-7;1-6(2)7-8-4-3-5-9-7;1-6(2)7-3-4-9-5-8-7;1-6(2)7-8-4-3-5-9-7;8*1-2/h4,6-7,9H,3,5H2,1-2H3;5-7,9H,3-4H2,1-2H3;3*5-7H,3-4H2,1-2H3;6H,3-5H2,1-2H3;5-7H,3-4H2,1-2H3;6H,3-5H2,1-2H3;8*1-2H3. The number of ether oxygens (including phenoxy) is 4. The summed E-state index contributed by atoms with van der Waals surface area (Å²) >= 11 is 3.75. The minimum absolute atomic E-state index is 0.405. The molecule has 8 rings (SSSR count). The molecule has 0 fully saturated rings. The van der Waals surface area contributed by atoms with Crippen molar-refractivity contribution in [2.45, 2.75) is 297 Å². The molecule has 6 atom stereocenters. The minimum atomic E-state index is 0.405. The maximum absolute atomic E-state index is 5.29. The van der Waals surface area contributed by atoms with E-state index in [1.165, 1.54) is 35.8 Å². The average Bonchev–Trinajstić information content (AvgIpc) is 3.61. The van der Waals surface area contributed by atoms with Crippen LogP contribution in [0.4, 0.5) is 0 Å². The molecule has 8 heterocycles. The van der Waals surface area contributed by atoms with Gasteiger partial charge in [-0.2, -0.15) is 10.2 Å². The lowest BCUT2D eigenvalue weighted by Gasteiger charge is -2.22. The average molecular weight is 1290 g/mol. The summed E-state index contributed by atoms with van der Waals surface area (Å²) < 4.78 is 20.5. The lowest BCUT2D eigenvalue weighted by Crippen LogP contribution is -2.32. The van der Waals surface area contributed by atoms with Gasteiger partial charge >= 0.3 is 0 Å². The van der Waals surface area contributed by atoms with Gasteiger partial charge in [0.2, 0.25) is 0 Å². The Morgan fingerprint density at radius 1 is 0.500 bits per heavy atom. The molecule has 0 bridgehead atoms. The number of hydrogen-bond acceptors (Lipinski definition) is 16. The van der Waals surface area contributed by atoms with Crippen molar-refractivity contribution in [1.29, 1.82) is 0 Å². The third kappa shape index (κ3) is 64.4. The molecular weight excluding hydrogens is 1130 g/mol. The van der Waals surface area contributed by atoms with E-state index in [9.17, 15) is 0 Å². The van der Waals surface area contributed by atoms with Crippen LogP contribution in [-0.2, 0) is 18.9 Å². The molecule has 528 valence electrons. The Labute approximate surface area is 559 Å². The first-order chi connectivity index (χ1) is 42.4. The molecule has 0 aromatic carbocycles. The number of nitrogens with one attached hydrogen (secondary N) is 2. The molecule has 8 aliphatic rings. The highest BCUT2D eigenvalue weighted by Gasteiger charge is 2.18. The zero-order chi connectivity index (χ0) is 69.5. The molecule has 0 aromatic rings. The number of aliphatic imine (C=N–C) groups is 6. The predicted molar refractivity (Wildman–Crippen MR) is 409 cm³/mol. The molecule has 16 heteroatoms. The van der Waals surface area contributed by atoms with Gasteiger partial charge in [0.25, 0.3) is 0 Å². The van der Waals surface area contributed by atoms with Crippen molar-refractivity contribution in [3.8, 4) is 0 Å². The van der Waals surface area contributed by atoms with Crippen LogP contribution in [0.15, 0.2) is 40.2 Å². The Kier molecular flexibility index (Phi) is 91.8. The van der Waals surface area contributed by atoms with E-state index in [2.05, 4.69) is 162 Å². The molecule has 0 spiro atoms. The van der Waals surface area contributed by atoms with Gasteiger partial charge in [-0.3, -0.25) is 30.0 Å². The Morgan fingerprint density at radius 2 is 1.09 bits per heavy atom. The highest BCUT2D eigenvalue weighted by molar-refractivity contribution is 8.14. The second kappa shape index (κ2) is 80.0. The van der Waals surface area contributed by atoms with Crippen LogP contribution in [0.25, 0.3) is 0 Å². The highest BCUT2D eigenvalue weighted by atomic mass is 32.2. The lowest BCUT2D eigenvalue weighted by atomic mass is 9.93. The Bertz CT molecular complexity index is 1420. The van der Waals surface area contributed by atoms with E-state index in [4.69, 9.17) is 18.9 Å². The molecule has 0 saturated heterocycles. The van der Waals surface area contributed by atoms with Crippen LogP contribution in [-0.4, -0.2) is 136 Å². The van der Waals surface area contributed by atoms with Gasteiger partial charge in [0.1, 0.15) is 6.10 Å². The van der Waals surface area contributed by atoms with Crippen LogP contribution in [0.5, 0.6) is 0 Å². The fraction of sp³-hybridized carbons (Fsp3) is 0.889. The predicted octanol–water partition coefficient (Wildman–Crippen LogP) is 20.9. The summed E-state index contributed by atoms with van der Waals surface area (Å²) in [6.07, 6.45) is 18.3. The van der Waals surface area contributed by atoms with Gasteiger partial charge in [-0.25, -0.2) is 0 Å². The van der Waals surface area contributed by atoms with Gasteiger partial charge in [-0.15, -0.1) is 23.5 Å². The molecule has 0 aliphatic carbocycles. The largest absolute Gasteiger partial charge is 0.483 e. The SMILES string of the molecule is CC.CC.CC.CC.CC.CC.CC.CC.CC(C)C1=NCCCO1.CC(C)C1=NCCCS1.CC(C)C1CC=NNC1.CC(C)C1CCC=NN1.CC(C)C1CCN=CO1.CC(C)C1CCOC=N1.CC(C)C1CCSC=N1.CC(C)C1CN=COC1. The van der Waals surface area contributed by atoms with E-state index in [1.54, 1.807) is 19.2 Å². The van der Waals surface area contributed by atoms with E-state index < -0.39 is 0 Å². The molecule has 2 N–H and O–H groups in total. The van der Waals surface area contributed by atoms with Crippen molar-refractivity contribution in [3.05, 3.63) is 0 Å². The van der Waals surface area contributed by atoms with Crippen LogP contribution in [0.1, 0.15) is 273 Å². The third-order valence-corrected chi connectivity index (χ3v) is 15.0. The summed E-state index contributed by atoms with van der Waals surface area (Å²) in [6, 6.07) is 1.71. The summed E-state index contributed by atoms with van der Waals surface area (Å²) in [5.74, 6) is 10.2. The second-order valence-electron chi connectivity index (χ2n) is 21.9. The second-order valence-corrected chi connectivity index (χ2v) is 24.0. The highest BCUT2D eigenvalue weighted by Crippen LogP contribution is 2.20. The first-order valence-electron chi connectivity index (χ1n) is 35.8. The fourth-order valence-electron chi connectivity index (χ4n) is 7.35. The van der Waals surface area contributed by atoms with Crippen molar-refractivity contribution in [1.82, 2.24) is 10.9 Å². The summed E-state index contributed by atoms with van der Waals surface area (Å²) in [4.78, 5) is 25.2. The van der Waals surface area contributed by atoms with Gasteiger partial charge in [0.15, 0.2) is 25.1 Å². The molecule has 14 nitrogen and oxygen atoms in total. The minimum Gasteiger partial charge on any atom is -0.483 e. The van der Waals surface area contributed by atoms with Crippen molar-refractivity contribution < 1.29 is 18.9 Å². The van der Waals surface area contributed by atoms with E-state index in [0.717, 1.165) is 108 Å². The smallest absolute Gasteiger partial charge is 0.185 e.